The van der Waals surface area contributed by atoms with Crippen LogP contribution in [-0.2, 0) is 4.74 Å². The Morgan fingerprint density at radius 3 is 2.80 bits per heavy atom. The van der Waals surface area contributed by atoms with Crippen molar-refractivity contribution < 1.29 is 9.31 Å². The molecular formula is C12H13N2O+. The zero-order valence-corrected chi connectivity index (χ0v) is 8.84. The summed E-state index contributed by atoms with van der Waals surface area (Å²) >= 11 is 0. The van der Waals surface area contributed by atoms with E-state index in [4.69, 9.17) is 4.74 Å². The Kier molecular flexibility index (Phi) is 2.63. The fourth-order valence-corrected chi connectivity index (χ4v) is 1.47. The first-order chi connectivity index (χ1) is 7.29. The Bertz CT molecular complexity index is 458. The summed E-state index contributed by atoms with van der Waals surface area (Å²) in [6.45, 7) is 4.01. The number of hydrogen-bond donors (Lipinski definition) is 0. The van der Waals surface area contributed by atoms with Crippen molar-refractivity contribution in [3.63, 3.8) is 0 Å². The molecule has 0 fully saturated rings. The minimum atomic E-state index is 0.887. The van der Waals surface area contributed by atoms with Crippen LogP contribution in [-0.4, -0.2) is 16.8 Å². The third-order valence-corrected chi connectivity index (χ3v) is 2.29. The van der Waals surface area contributed by atoms with Gasteiger partial charge in [0.2, 0.25) is 0 Å². The molecule has 0 N–H and O–H groups in total. The van der Waals surface area contributed by atoms with Crippen LogP contribution in [0.1, 0.15) is 12.5 Å². The maximum absolute atomic E-state index is 5.19. The van der Waals surface area contributed by atoms with Gasteiger partial charge in [0.25, 0.3) is 6.40 Å². The van der Waals surface area contributed by atoms with Gasteiger partial charge in [0.15, 0.2) is 6.20 Å². The molecule has 0 atom stereocenters. The van der Waals surface area contributed by atoms with E-state index in [-0.39, 0.29) is 0 Å². The zero-order chi connectivity index (χ0) is 10.7. The topological polar surface area (TPSA) is 24.6 Å². The highest BCUT2D eigenvalue weighted by molar-refractivity contribution is 5.78. The number of ether oxygens (including phenoxy) is 1. The first-order valence-electron chi connectivity index (χ1n) is 4.82. The van der Waals surface area contributed by atoms with E-state index in [1.807, 2.05) is 29.7 Å². The van der Waals surface area contributed by atoms with E-state index >= 15 is 0 Å². The van der Waals surface area contributed by atoms with Crippen molar-refractivity contribution in [2.45, 2.75) is 13.8 Å². The van der Waals surface area contributed by atoms with Gasteiger partial charge in [-0.3, -0.25) is 0 Å². The maximum atomic E-state index is 5.19. The first-order valence-corrected chi connectivity index (χ1v) is 4.82. The third-order valence-electron chi connectivity index (χ3n) is 2.29. The maximum Gasteiger partial charge on any atom is 0.302 e. The molecule has 0 saturated heterocycles. The summed E-state index contributed by atoms with van der Waals surface area (Å²) in [5.41, 5.74) is 2.27. The number of para-hydroxylation sites is 1. The van der Waals surface area contributed by atoms with Gasteiger partial charge >= 0.3 is 5.84 Å². The van der Waals surface area contributed by atoms with Crippen LogP contribution < -0.4 is 0 Å². The van der Waals surface area contributed by atoms with Crippen LogP contribution in [0.2, 0.25) is 0 Å². The van der Waals surface area contributed by atoms with Crippen LogP contribution in [0.5, 0.6) is 0 Å². The normalized spacial score (nSPS) is 15.1. The number of rotatable bonds is 1. The molecule has 0 saturated carbocycles. The molecule has 0 radical (unpaired) electrons. The second-order valence-electron chi connectivity index (χ2n) is 3.36. The highest BCUT2D eigenvalue weighted by Crippen LogP contribution is 2.17. The highest BCUT2D eigenvalue weighted by atomic mass is 16.5. The Hall–Kier alpha value is -1.90. The van der Waals surface area contributed by atoms with E-state index in [9.17, 15) is 0 Å². The Balaban J connectivity index is 2.48. The summed E-state index contributed by atoms with van der Waals surface area (Å²) in [7, 11) is 0. The SMILES string of the molecule is CC1=NC=COC=[N+]1c1ccccc1C. The fourth-order valence-electron chi connectivity index (χ4n) is 1.47. The largest absolute Gasteiger partial charge is 0.432 e. The monoisotopic (exact) mass is 201 g/mol. The minimum Gasteiger partial charge on any atom is -0.432 e. The van der Waals surface area contributed by atoms with Gasteiger partial charge in [0.1, 0.15) is 11.9 Å². The molecule has 3 nitrogen and oxygen atoms in total. The molecule has 1 heterocycles. The van der Waals surface area contributed by atoms with Gasteiger partial charge in [-0.05, 0) is 18.6 Å². The zero-order valence-electron chi connectivity index (χ0n) is 8.84. The van der Waals surface area contributed by atoms with Gasteiger partial charge in [-0.2, -0.15) is 4.58 Å². The van der Waals surface area contributed by atoms with Gasteiger partial charge in [-0.15, -0.1) is 0 Å². The Morgan fingerprint density at radius 1 is 1.20 bits per heavy atom. The van der Waals surface area contributed by atoms with E-state index in [0.717, 1.165) is 11.5 Å². The average Bonchev–Trinajstić information content (AvgIpc) is 2.44. The summed E-state index contributed by atoms with van der Waals surface area (Å²) in [4.78, 5) is 4.23. The highest BCUT2D eigenvalue weighted by Gasteiger charge is 2.14. The molecule has 3 heteroatoms. The molecule has 1 aliphatic rings. The van der Waals surface area contributed by atoms with Gasteiger partial charge in [-0.25, -0.2) is 0 Å². The third kappa shape index (κ3) is 1.96. The number of aryl methyl sites for hydroxylation is 1. The molecule has 0 aliphatic carbocycles. The number of nitrogens with zero attached hydrogens (tertiary/aromatic N) is 2. The average molecular weight is 201 g/mol. The molecule has 0 aromatic heterocycles. The van der Waals surface area contributed by atoms with Gasteiger partial charge in [0.05, 0.1) is 0 Å². The van der Waals surface area contributed by atoms with Gasteiger partial charge in [0, 0.05) is 6.92 Å². The molecule has 0 spiro atoms. The minimum absolute atomic E-state index is 0.887. The van der Waals surface area contributed by atoms with E-state index in [2.05, 4.69) is 18.0 Å². The van der Waals surface area contributed by atoms with Crippen LogP contribution in [0.15, 0.2) is 41.7 Å². The van der Waals surface area contributed by atoms with Crippen molar-refractivity contribution in [2.75, 3.05) is 0 Å². The van der Waals surface area contributed by atoms with Crippen molar-refractivity contribution >= 4 is 17.9 Å². The Morgan fingerprint density at radius 2 is 2.00 bits per heavy atom. The molecule has 0 unspecified atom stereocenters. The summed E-state index contributed by atoms with van der Waals surface area (Å²) < 4.78 is 7.12. The molecule has 0 amide bonds. The first kappa shape index (κ1) is 9.65. The Labute approximate surface area is 89.0 Å². The van der Waals surface area contributed by atoms with E-state index in [1.54, 1.807) is 18.9 Å². The van der Waals surface area contributed by atoms with E-state index < -0.39 is 0 Å². The molecule has 15 heavy (non-hydrogen) atoms. The second kappa shape index (κ2) is 4.09. The van der Waals surface area contributed by atoms with E-state index in [1.165, 1.54) is 5.56 Å². The smallest absolute Gasteiger partial charge is 0.302 e. The summed E-state index contributed by atoms with van der Waals surface area (Å²) in [5, 5.41) is 0. The fraction of sp³-hybridized carbons (Fsp3) is 0.167. The van der Waals surface area contributed by atoms with Crippen molar-refractivity contribution in [1.29, 1.82) is 0 Å². The predicted molar refractivity (Wildman–Crippen MR) is 60.5 cm³/mol. The lowest BCUT2D eigenvalue weighted by atomic mass is 10.2. The molecule has 1 aliphatic heterocycles. The lowest BCUT2D eigenvalue weighted by Crippen LogP contribution is -2.14. The quantitative estimate of drug-likeness (QED) is 0.641. The van der Waals surface area contributed by atoms with Crippen LogP contribution >= 0.6 is 0 Å². The van der Waals surface area contributed by atoms with Crippen molar-refractivity contribution in [3.8, 4) is 0 Å². The lowest BCUT2D eigenvalue weighted by molar-refractivity contribution is -0.312. The molecule has 0 bridgehead atoms. The number of benzene rings is 1. The van der Waals surface area contributed by atoms with Gasteiger partial charge in [-0.1, -0.05) is 23.2 Å². The molecule has 1 aromatic carbocycles. The number of aliphatic imine (C=N–C) groups is 1. The number of hydrogen-bond acceptors (Lipinski definition) is 2. The molecular weight excluding hydrogens is 188 g/mol. The molecule has 76 valence electrons. The van der Waals surface area contributed by atoms with Crippen LogP contribution in [0.4, 0.5) is 5.69 Å². The number of amidine groups is 1. The van der Waals surface area contributed by atoms with E-state index in [0.29, 0.717) is 0 Å². The molecule has 2 rings (SSSR count). The van der Waals surface area contributed by atoms with Crippen LogP contribution in [0, 0.1) is 6.92 Å². The second-order valence-corrected chi connectivity index (χ2v) is 3.36. The van der Waals surface area contributed by atoms with Crippen LogP contribution in [0.3, 0.4) is 0 Å². The standard InChI is InChI=1S/C12H13N2O/c1-10-5-3-4-6-12(10)14-9-15-8-7-13-11(14)2/h3-9H,1-2H3/q+1. The summed E-state index contributed by atoms with van der Waals surface area (Å²) in [6, 6.07) is 8.12. The van der Waals surface area contributed by atoms with Crippen molar-refractivity contribution in [2.24, 2.45) is 4.99 Å². The van der Waals surface area contributed by atoms with Crippen molar-refractivity contribution in [1.82, 2.24) is 0 Å². The summed E-state index contributed by atoms with van der Waals surface area (Å²) in [6.07, 6.45) is 4.86. The van der Waals surface area contributed by atoms with Crippen molar-refractivity contribution in [3.05, 3.63) is 42.3 Å². The predicted octanol–water partition coefficient (Wildman–Crippen LogP) is 2.59. The summed E-state index contributed by atoms with van der Waals surface area (Å²) in [5.74, 6) is 0.887. The molecule has 1 aromatic rings. The van der Waals surface area contributed by atoms with Gasteiger partial charge < -0.3 is 4.74 Å². The van der Waals surface area contributed by atoms with Crippen LogP contribution in [0.25, 0.3) is 0 Å². The lowest BCUT2D eigenvalue weighted by Gasteiger charge is -2.04.